The van der Waals surface area contributed by atoms with Crippen molar-refractivity contribution in [2.75, 3.05) is 7.11 Å². The summed E-state index contributed by atoms with van der Waals surface area (Å²) in [5, 5.41) is 9.82. The van der Waals surface area contributed by atoms with E-state index in [0.29, 0.717) is 33.4 Å². The molecule has 0 radical (unpaired) electrons. The Balaban J connectivity index is 2.00. The van der Waals surface area contributed by atoms with Gasteiger partial charge in [-0.3, -0.25) is 0 Å². The van der Waals surface area contributed by atoms with E-state index in [-0.39, 0.29) is 5.75 Å². The normalized spacial score (nSPS) is 13.7. The summed E-state index contributed by atoms with van der Waals surface area (Å²) in [5.74, 6) is 0.433. The van der Waals surface area contributed by atoms with Crippen molar-refractivity contribution >= 4 is 21.9 Å². The van der Waals surface area contributed by atoms with Gasteiger partial charge in [-0.15, -0.1) is 0 Å². The Bertz CT molecular complexity index is 1260. The highest BCUT2D eigenvalue weighted by Crippen LogP contribution is 2.43. The van der Waals surface area contributed by atoms with Gasteiger partial charge < -0.3 is 19.4 Å². The van der Waals surface area contributed by atoms with Crippen molar-refractivity contribution in [1.29, 1.82) is 5.26 Å². The molecule has 0 saturated carbocycles. The number of aromatic amines is 2. The zero-order valence-electron chi connectivity index (χ0n) is 16.0. The van der Waals surface area contributed by atoms with E-state index in [4.69, 9.17) is 14.7 Å². The van der Waals surface area contributed by atoms with E-state index in [1.807, 2.05) is 6.92 Å². The lowest BCUT2D eigenvalue weighted by Gasteiger charge is -2.29. The molecular weight excluding hydrogens is 378 g/mol. The zero-order chi connectivity index (χ0) is 20.8. The molecule has 8 heteroatoms. The number of aromatic nitrogens is 3. The largest absolute Gasteiger partial charge is 0.434 e. The molecule has 4 rings (SSSR count). The highest BCUT2D eigenvalue weighted by Gasteiger charge is 2.38. The minimum absolute atomic E-state index is 0.0205. The third-order valence-corrected chi connectivity index (χ3v) is 5.17. The molecule has 0 aliphatic rings. The van der Waals surface area contributed by atoms with Crippen LogP contribution < -0.4 is 4.74 Å². The minimum atomic E-state index is -2.99. The van der Waals surface area contributed by atoms with Crippen LogP contribution in [0.15, 0.2) is 36.5 Å². The first-order valence-electron chi connectivity index (χ1n) is 8.89. The Labute approximate surface area is 165 Å². The Kier molecular flexibility index (Phi) is 4.47. The Hall–Kier alpha value is -3.44. The maximum absolute atomic E-state index is 13.2. The van der Waals surface area contributed by atoms with Gasteiger partial charge in [0, 0.05) is 29.8 Å². The summed E-state index contributed by atoms with van der Waals surface area (Å²) in [5.41, 5.74) is 2.54. The first-order chi connectivity index (χ1) is 13.9. The third-order valence-electron chi connectivity index (χ3n) is 5.17. The van der Waals surface area contributed by atoms with E-state index < -0.39 is 12.2 Å². The summed E-state index contributed by atoms with van der Waals surface area (Å²) in [4.78, 5) is 10.9. The summed E-state index contributed by atoms with van der Waals surface area (Å²) in [7, 11) is 1.48. The highest BCUT2D eigenvalue weighted by atomic mass is 19.3. The molecule has 4 aromatic rings. The van der Waals surface area contributed by atoms with E-state index >= 15 is 0 Å². The van der Waals surface area contributed by atoms with E-state index in [1.54, 1.807) is 43.5 Å². The molecule has 0 spiro atoms. The second-order valence-electron chi connectivity index (χ2n) is 6.88. The predicted molar refractivity (Wildman–Crippen MR) is 104 cm³/mol. The Morgan fingerprint density at radius 3 is 2.72 bits per heavy atom. The summed E-state index contributed by atoms with van der Waals surface area (Å²) in [6.45, 7) is 0.570. The third kappa shape index (κ3) is 3.00. The van der Waals surface area contributed by atoms with E-state index in [9.17, 15) is 8.78 Å². The van der Waals surface area contributed by atoms with Gasteiger partial charge in [-0.2, -0.15) is 14.0 Å². The quantitative estimate of drug-likeness (QED) is 0.510. The smallest absolute Gasteiger partial charge is 0.387 e. The Morgan fingerprint density at radius 2 is 2.03 bits per heavy atom. The Morgan fingerprint density at radius 1 is 1.24 bits per heavy atom. The van der Waals surface area contributed by atoms with E-state index in [2.05, 4.69) is 21.0 Å². The number of H-pyrrole nitrogens is 2. The predicted octanol–water partition coefficient (Wildman–Crippen LogP) is 4.74. The molecule has 0 aliphatic heterocycles. The fourth-order valence-electron chi connectivity index (χ4n) is 3.68. The van der Waals surface area contributed by atoms with Crippen LogP contribution in [-0.2, 0) is 10.3 Å². The molecule has 148 valence electrons. The number of ether oxygens (including phenoxy) is 2. The van der Waals surface area contributed by atoms with Crippen LogP contribution >= 0.6 is 0 Å². The van der Waals surface area contributed by atoms with Gasteiger partial charge in [0.2, 0.25) is 0 Å². The van der Waals surface area contributed by atoms with Gasteiger partial charge in [0.15, 0.2) is 5.60 Å². The number of hydrogen-bond donors (Lipinski definition) is 2. The van der Waals surface area contributed by atoms with Gasteiger partial charge >= 0.3 is 6.61 Å². The van der Waals surface area contributed by atoms with Gasteiger partial charge in [0.25, 0.3) is 0 Å². The van der Waals surface area contributed by atoms with Crippen molar-refractivity contribution in [2.45, 2.75) is 26.1 Å². The fourth-order valence-corrected chi connectivity index (χ4v) is 3.68. The number of aryl methyl sites for hydroxylation is 1. The summed E-state index contributed by atoms with van der Waals surface area (Å²) in [6, 6.07) is 10.5. The average Bonchev–Trinajstić information content (AvgIpc) is 3.34. The molecule has 29 heavy (non-hydrogen) atoms. The van der Waals surface area contributed by atoms with Gasteiger partial charge in [0.05, 0.1) is 22.7 Å². The zero-order valence-corrected chi connectivity index (χ0v) is 16.0. The number of nitrogens with zero attached hydrogens (tertiary/aromatic N) is 2. The molecular formula is C21H18F2N4O2. The number of methoxy groups -OCH3 is 1. The molecule has 0 saturated heterocycles. The molecule has 2 aromatic heterocycles. The topological polar surface area (TPSA) is 86.7 Å². The van der Waals surface area contributed by atoms with Crippen molar-refractivity contribution in [3.05, 3.63) is 59.0 Å². The minimum Gasteiger partial charge on any atom is -0.434 e. The molecule has 0 aliphatic carbocycles. The van der Waals surface area contributed by atoms with Gasteiger partial charge in [-0.1, -0.05) is 0 Å². The summed E-state index contributed by atoms with van der Waals surface area (Å²) < 4.78 is 37.1. The molecule has 6 nitrogen and oxygen atoms in total. The van der Waals surface area contributed by atoms with Crippen LogP contribution in [0.5, 0.6) is 5.75 Å². The second kappa shape index (κ2) is 6.87. The molecule has 0 fully saturated rings. The fraction of sp³-hybridized carbons (Fsp3) is 0.238. The molecule has 0 amide bonds. The highest BCUT2D eigenvalue weighted by molar-refractivity contribution is 5.89. The number of halogens is 2. The van der Waals surface area contributed by atoms with Gasteiger partial charge in [-0.25, -0.2) is 4.98 Å². The summed E-state index contributed by atoms with van der Waals surface area (Å²) in [6.07, 6.45) is 1.74. The van der Waals surface area contributed by atoms with Crippen LogP contribution in [0.25, 0.3) is 21.9 Å². The molecule has 1 atom stereocenters. The number of imidazole rings is 1. The van der Waals surface area contributed by atoms with Crippen LogP contribution in [0.4, 0.5) is 8.78 Å². The number of nitriles is 1. The first kappa shape index (κ1) is 18.9. The lowest BCUT2D eigenvalue weighted by atomic mass is 9.89. The maximum atomic E-state index is 13.2. The van der Waals surface area contributed by atoms with Crippen LogP contribution in [0.2, 0.25) is 0 Å². The van der Waals surface area contributed by atoms with Crippen molar-refractivity contribution in [3.63, 3.8) is 0 Å². The number of nitrogens with one attached hydrogen (secondary N) is 2. The van der Waals surface area contributed by atoms with Gasteiger partial charge in [-0.05, 0) is 49.7 Å². The average molecular weight is 396 g/mol. The van der Waals surface area contributed by atoms with Crippen molar-refractivity contribution < 1.29 is 18.3 Å². The molecule has 2 heterocycles. The standard InChI is InChI=1S/C21H18F2N4O2/c1-11-8-16(29-20(22)23)17(13-6-7-25-18(11)13)21(2,28-3)19-26-14-5-4-12(10-24)9-15(14)27-19/h4-9,20,25H,1-3H3,(H,26,27). The lowest BCUT2D eigenvalue weighted by molar-refractivity contribution is -0.0540. The van der Waals surface area contributed by atoms with Crippen molar-refractivity contribution in [2.24, 2.45) is 0 Å². The van der Waals surface area contributed by atoms with Crippen LogP contribution in [-0.4, -0.2) is 28.7 Å². The lowest BCUT2D eigenvalue weighted by Crippen LogP contribution is -2.29. The first-order valence-corrected chi connectivity index (χ1v) is 8.89. The van der Waals surface area contributed by atoms with Crippen LogP contribution in [0, 0.1) is 18.3 Å². The monoisotopic (exact) mass is 396 g/mol. The van der Waals surface area contributed by atoms with Crippen LogP contribution in [0.3, 0.4) is 0 Å². The SMILES string of the molecule is COC(C)(c1nc2cc(C#N)ccc2[nH]1)c1c(OC(F)F)cc(C)c2[nH]ccc12. The van der Waals surface area contributed by atoms with Crippen molar-refractivity contribution in [1.82, 2.24) is 15.0 Å². The van der Waals surface area contributed by atoms with Crippen molar-refractivity contribution in [3.8, 4) is 11.8 Å². The second-order valence-corrected chi connectivity index (χ2v) is 6.88. The maximum Gasteiger partial charge on any atom is 0.387 e. The van der Waals surface area contributed by atoms with E-state index in [1.165, 1.54) is 7.11 Å². The molecule has 0 bridgehead atoms. The molecule has 2 N–H and O–H groups in total. The molecule has 2 aromatic carbocycles. The number of fused-ring (bicyclic) bond motifs is 2. The van der Waals surface area contributed by atoms with E-state index in [0.717, 1.165) is 11.1 Å². The number of benzene rings is 2. The summed E-state index contributed by atoms with van der Waals surface area (Å²) >= 11 is 0. The van der Waals surface area contributed by atoms with Gasteiger partial charge in [0.1, 0.15) is 11.6 Å². The number of rotatable bonds is 5. The van der Waals surface area contributed by atoms with Crippen LogP contribution in [0.1, 0.15) is 29.4 Å². The number of alkyl halides is 2. The number of hydrogen-bond acceptors (Lipinski definition) is 4. The molecule has 1 unspecified atom stereocenters.